The highest BCUT2D eigenvalue weighted by Crippen LogP contribution is 2.30. The van der Waals surface area contributed by atoms with Crippen LogP contribution in [0, 0.1) is 0 Å². The van der Waals surface area contributed by atoms with Gasteiger partial charge < -0.3 is 4.74 Å². The first-order chi connectivity index (χ1) is 13.7. The number of carbonyl (C=O) groups is 1. The van der Waals surface area contributed by atoms with Gasteiger partial charge in [0.1, 0.15) is 11.4 Å². The number of rotatable bonds is 6. The van der Waals surface area contributed by atoms with Gasteiger partial charge in [0.25, 0.3) is 10.0 Å². The van der Waals surface area contributed by atoms with Crippen LogP contribution in [0.3, 0.4) is 0 Å². The van der Waals surface area contributed by atoms with Crippen LogP contribution in [0.4, 0.5) is 5.69 Å². The minimum Gasteiger partial charge on any atom is -0.495 e. The average Bonchev–Trinajstić information content (AvgIpc) is 2.68. The highest BCUT2D eigenvalue weighted by atomic mass is 35.5. The maximum absolute atomic E-state index is 12.9. The molecule has 0 fully saturated rings. The smallest absolute Gasteiger partial charge is 0.262 e. The first-order valence-corrected chi connectivity index (χ1v) is 10.7. The third-order valence-corrected chi connectivity index (χ3v) is 6.08. The topological polar surface area (TPSA) is 85.4 Å². The zero-order chi connectivity index (χ0) is 21.2. The van der Waals surface area contributed by atoms with Crippen LogP contribution in [0.5, 0.6) is 5.75 Å². The van der Waals surface area contributed by atoms with Gasteiger partial charge in [0, 0.05) is 17.8 Å². The molecule has 0 saturated heterocycles. The Labute approximate surface area is 182 Å². The van der Waals surface area contributed by atoms with Crippen LogP contribution in [-0.4, -0.2) is 26.3 Å². The number of ether oxygens (including phenoxy) is 1. The molecule has 29 heavy (non-hydrogen) atoms. The van der Waals surface area contributed by atoms with E-state index in [1.165, 1.54) is 43.6 Å². The van der Waals surface area contributed by atoms with Gasteiger partial charge in [-0.25, -0.2) is 13.4 Å². The molecule has 0 aliphatic rings. The van der Waals surface area contributed by atoms with Crippen LogP contribution in [0.25, 0.3) is 0 Å². The van der Waals surface area contributed by atoms with E-state index in [9.17, 15) is 13.2 Å². The predicted molar refractivity (Wildman–Crippen MR) is 113 cm³/mol. The molecule has 0 radical (unpaired) electrons. The Morgan fingerprint density at radius 2 is 1.76 bits per heavy atom. The second-order valence-corrected chi connectivity index (χ2v) is 8.69. The number of halogens is 3. The van der Waals surface area contributed by atoms with E-state index in [0.29, 0.717) is 0 Å². The Bertz CT molecular complexity index is 1200. The van der Waals surface area contributed by atoms with Crippen molar-refractivity contribution in [1.29, 1.82) is 0 Å². The number of hydrogen-bond acceptors (Lipinski definition) is 5. The minimum absolute atomic E-state index is 0.0867. The summed E-state index contributed by atoms with van der Waals surface area (Å²) < 4.78 is 33.1. The van der Waals surface area contributed by atoms with Gasteiger partial charge in [0.15, 0.2) is 0 Å². The maximum atomic E-state index is 12.9. The summed E-state index contributed by atoms with van der Waals surface area (Å²) in [6.45, 7) is 0. The summed E-state index contributed by atoms with van der Waals surface area (Å²) in [7, 11) is -2.73. The lowest BCUT2D eigenvalue weighted by atomic mass is 10.1. The van der Waals surface area contributed by atoms with Crippen molar-refractivity contribution in [2.24, 2.45) is 0 Å². The fourth-order valence-electron chi connectivity index (χ4n) is 2.48. The first-order valence-electron chi connectivity index (χ1n) is 8.04. The lowest BCUT2D eigenvalue weighted by molar-refractivity contribution is 0.103. The SMILES string of the molecule is COc1cc(S(=O)(=O)Nc2cc(Cl)cnc2C(=O)c2ccccc2Cl)ccc1Cl. The number of anilines is 1. The van der Waals surface area contributed by atoms with Gasteiger partial charge >= 0.3 is 0 Å². The van der Waals surface area contributed by atoms with Gasteiger partial charge in [-0.1, -0.05) is 46.9 Å². The fourth-order valence-corrected chi connectivity index (χ4v) is 4.13. The van der Waals surface area contributed by atoms with Crippen molar-refractivity contribution >= 4 is 56.3 Å². The Kier molecular flexibility index (Phi) is 6.33. The van der Waals surface area contributed by atoms with Crippen molar-refractivity contribution in [2.45, 2.75) is 4.90 Å². The van der Waals surface area contributed by atoms with Crippen LogP contribution in [0.1, 0.15) is 16.1 Å². The van der Waals surface area contributed by atoms with E-state index >= 15 is 0 Å². The largest absolute Gasteiger partial charge is 0.495 e. The second kappa shape index (κ2) is 8.59. The Morgan fingerprint density at radius 3 is 2.45 bits per heavy atom. The van der Waals surface area contributed by atoms with E-state index in [1.807, 2.05) is 0 Å². The molecule has 0 bridgehead atoms. The zero-order valence-corrected chi connectivity index (χ0v) is 17.9. The molecule has 1 heterocycles. The van der Waals surface area contributed by atoms with E-state index < -0.39 is 15.8 Å². The monoisotopic (exact) mass is 470 g/mol. The number of nitrogens with zero attached hydrogens (tertiary/aromatic N) is 1. The van der Waals surface area contributed by atoms with Gasteiger partial charge in [-0.05, 0) is 30.3 Å². The van der Waals surface area contributed by atoms with E-state index in [0.717, 1.165) is 0 Å². The molecule has 0 aliphatic heterocycles. The van der Waals surface area contributed by atoms with Crippen molar-refractivity contribution in [3.8, 4) is 5.75 Å². The summed E-state index contributed by atoms with van der Waals surface area (Å²) in [6, 6.07) is 11.6. The third-order valence-electron chi connectivity index (χ3n) is 3.87. The van der Waals surface area contributed by atoms with Crippen molar-refractivity contribution < 1.29 is 17.9 Å². The van der Waals surface area contributed by atoms with Crippen molar-refractivity contribution in [3.05, 3.63) is 81.1 Å². The van der Waals surface area contributed by atoms with Gasteiger partial charge in [-0.3, -0.25) is 9.52 Å². The van der Waals surface area contributed by atoms with Crippen molar-refractivity contribution in [2.75, 3.05) is 11.8 Å². The normalized spacial score (nSPS) is 11.2. The molecular formula is C19H13Cl3N2O4S. The van der Waals surface area contributed by atoms with Crippen LogP contribution < -0.4 is 9.46 Å². The number of ketones is 1. The molecule has 150 valence electrons. The Hall–Kier alpha value is -2.32. The Morgan fingerprint density at radius 1 is 1.03 bits per heavy atom. The molecule has 1 N–H and O–H groups in total. The second-order valence-electron chi connectivity index (χ2n) is 5.76. The van der Waals surface area contributed by atoms with Crippen LogP contribution in [0.15, 0.2) is 59.6 Å². The number of hydrogen-bond donors (Lipinski definition) is 1. The molecule has 1 aromatic heterocycles. The summed E-state index contributed by atoms with van der Waals surface area (Å²) in [5.41, 5.74) is -0.0547. The fraction of sp³-hybridized carbons (Fsp3) is 0.0526. The highest BCUT2D eigenvalue weighted by molar-refractivity contribution is 7.92. The van der Waals surface area contributed by atoms with Gasteiger partial charge in [0.2, 0.25) is 5.78 Å². The number of pyridine rings is 1. The van der Waals surface area contributed by atoms with Crippen LogP contribution >= 0.6 is 34.8 Å². The third kappa shape index (κ3) is 4.64. The number of benzene rings is 2. The number of carbonyl (C=O) groups excluding carboxylic acids is 1. The van der Waals surface area contributed by atoms with Crippen molar-refractivity contribution in [3.63, 3.8) is 0 Å². The molecule has 0 saturated carbocycles. The molecule has 0 spiro atoms. The summed E-state index contributed by atoms with van der Waals surface area (Å²) in [5.74, 6) is -0.371. The average molecular weight is 472 g/mol. The summed E-state index contributed by atoms with van der Waals surface area (Å²) in [4.78, 5) is 16.8. The molecule has 0 unspecified atom stereocenters. The molecule has 3 rings (SSSR count). The van der Waals surface area contributed by atoms with E-state index in [1.54, 1.807) is 18.2 Å². The number of aromatic nitrogens is 1. The molecule has 0 amide bonds. The molecule has 0 aliphatic carbocycles. The summed E-state index contributed by atoms with van der Waals surface area (Å²) in [5, 5.41) is 0.614. The van der Waals surface area contributed by atoms with Crippen LogP contribution in [-0.2, 0) is 10.0 Å². The predicted octanol–water partition coefficient (Wildman–Crippen LogP) is 5.08. The van der Waals surface area contributed by atoms with Gasteiger partial charge in [-0.15, -0.1) is 0 Å². The molecule has 3 aromatic rings. The quantitative estimate of drug-likeness (QED) is 0.507. The summed E-state index contributed by atoms with van der Waals surface area (Å²) in [6.07, 6.45) is 1.24. The van der Waals surface area contributed by atoms with Gasteiger partial charge in [0.05, 0.1) is 32.8 Å². The maximum Gasteiger partial charge on any atom is 0.262 e. The lowest BCUT2D eigenvalue weighted by Crippen LogP contribution is -2.17. The van der Waals surface area contributed by atoms with E-state index in [-0.39, 0.29) is 42.7 Å². The summed E-state index contributed by atoms with van der Waals surface area (Å²) >= 11 is 18.0. The molecule has 0 atom stereocenters. The van der Waals surface area contributed by atoms with Crippen LogP contribution in [0.2, 0.25) is 15.1 Å². The molecule has 10 heteroatoms. The van der Waals surface area contributed by atoms with Crippen molar-refractivity contribution in [1.82, 2.24) is 4.98 Å². The number of sulfonamides is 1. The first kappa shape index (κ1) is 21.4. The molecule has 2 aromatic carbocycles. The highest BCUT2D eigenvalue weighted by Gasteiger charge is 2.23. The number of methoxy groups -OCH3 is 1. The van der Waals surface area contributed by atoms with E-state index in [4.69, 9.17) is 39.5 Å². The Balaban J connectivity index is 2.04. The standard InChI is InChI=1S/C19H13Cl3N2O4S/c1-28-17-9-12(6-7-15(17)22)29(26,27)24-16-8-11(20)10-23-18(16)19(25)13-4-2-3-5-14(13)21/h2-10,24H,1H3. The molecular weight excluding hydrogens is 459 g/mol. The lowest BCUT2D eigenvalue weighted by Gasteiger charge is -2.13. The number of nitrogens with one attached hydrogen (secondary N) is 1. The van der Waals surface area contributed by atoms with E-state index in [2.05, 4.69) is 9.71 Å². The zero-order valence-electron chi connectivity index (χ0n) is 14.8. The van der Waals surface area contributed by atoms with Gasteiger partial charge in [-0.2, -0.15) is 0 Å². The minimum atomic E-state index is -4.10. The molecule has 6 nitrogen and oxygen atoms in total.